The highest BCUT2D eigenvalue weighted by Gasteiger charge is 2.09. The highest BCUT2D eigenvalue weighted by Crippen LogP contribution is 2.19. The van der Waals surface area contributed by atoms with Crippen molar-refractivity contribution in [3.63, 3.8) is 0 Å². The second-order valence-electron chi connectivity index (χ2n) is 4.05. The van der Waals surface area contributed by atoms with E-state index >= 15 is 0 Å². The normalized spacial score (nSPS) is 10.7. The third kappa shape index (κ3) is 2.50. The number of hydrogen-bond acceptors (Lipinski definition) is 2. The Hall–Kier alpha value is -1.91. The van der Waals surface area contributed by atoms with Crippen molar-refractivity contribution in [2.75, 3.05) is 5.32 Å². The van der Waals surface area contributed by atoms with Gasteiger partial charge in [-0.3, -0.25) is 4.68 Å². The van der Waals surface area contributed by atoms with Crippen LogP contribution < -0.4 is 5.32 Å². The van der Waals surface area contributed by atoms with E-state index in [0.29, 0.717) is 6.54 Å². The second kappa shape index (κ2) is 5.16. The van der Waals surface area contributed by atoms with Gasteiger partial charge < -0.3 is 5.32 Å². The van der Waals surface area contributed by atoms with E-state index in [9.17, 15) is 8.78 Å². The quantitative estimate of drug-likeness (QED) is 0.905. The molecule has 1 N–H and O–H groups in total. The largest absolute Gasteiger partial charge is 0.375 e. The zero-order valence-corrected chi connectivity index (χ0v) is 10.4. The molecular formula is C13H15F2N3. The van der Waals surface area contributed by atoms with E-state index in [1.807, 2.05) is 20.0 Å². The van der Waals surface area contributed by atoms with E-state index in [1.165, 1.54) is 18.2 Å². The predicted octanol–water partition coefficient (Wildman–Crippen LogP) is 2.87. The highest BCUT2D eigenvalue weighted by molar-refractivity contribution is 5.46. The van der Waals surface area contributed by atoms with E-state index in [1.54, 1.807) is 4.68 Å². The molecule has 0 unspecified atom stereocenters. The Labute approximate surface area is 104 Å². The number of anilines is 1. The van der Waals surface area contributed by atoms with Crippen molar-refractivity contribution in [2.45, 2.75) is 19.9 Å². The van der Waals surface area contributed by atoms with Crippen LogP contribution in [0.15, 0.2) is 24.3 Å². The predicted molar refractivity (Wildman–Crippen MR) is 66.3 cm³/mol. The number of nitrogens with zero attached hydrogens (tertiary/aromatic N) is 2. The van der Waals surface area contributed by atoms with E-state index in [0.717, 1.165) is 17.8 Å². The number of aromatic nitrogens is 2. The summed E-state index contributed by atoms with van der Waals surface area (Å²) in [6.45, 7) is 2.34. The Morgan fingerprint density at radius 2 is 1.94 bits per heavy atom. The number of para-hydroxylation sites is 1. The molecule has 1 heterocycles. The summed E-state index contributed by atoms with van der Waals surface area (Å²) >= 11 is 0. The summed E-state index contributed by atoms with van der Waals surface area (Å²) in [5.74, 6) is -1.18. The summed E-state index contributed by atoms with van der Waals surface area (Å²) in [5.41, 5.74) is 1.74. The zero-order chi connectivity index (χ0) is 13.1. The van der Waals surface area contributed by atoms with Gasteiger partial charge in [-0.15, -0.1) is 0 Å². The Morgan fingerprint density at radius 3 is 2.50 bits per heavy atom. The lowest BCUT2D eigenvalue weighted by atomic mass is 10.2. The van der Waals surface area contributed by atoms with Crippen LogP contribution in [0.2, 0.25) is 0 Å². The molecule has 3 nitrogen and oxygen atoms in total. The maximum atomic E-state index is 13.4. The molecule has 2 rings (SSSR count). The lowest BCUT2D eigenvalue weighted by Gasteiger charge is -2.08. The molecule has 0 aliphatic carbocycles. The van der Waals surface area contributed by atoms with Crippen molar-refractivity contribution >= 4 is 5.69 Å². The summed E-state index contributed by atoms with van der Waals surface area (Å²) in [7, 11) is 1.81. The molecule has 0 saturated heterocycles. The molecule has 0 aliphatic rings. The van der Waals surface area contributed by atoms with Gasteiger partial charge in [0.25, 0.3) is 0 Å². The van der Waals surface area contributed by atoms with Crippen molar-refractivity contribution in [3.05, 3.63) is 47.3 Å². The molecule has 0 atom stereocenters. The molecule has 0 saturated carbocycles. The zero-order valence-electron chi connectivity index (χ0n) is 10.4. The minimum absolute atomic E-state index is 0.100. The summed E-state index contributed by atoms with van der Waals surface area (Å²) in [6.07, 6.45) is 0.835. The third-order valence-electron chi connectivity index (χ3n) is 2.80. The fraction of sp³-hybridized carbons (Fsp3) is 0.308. The number of rotatable bonds is 4. The van der Waals surface area contributed by atoms with Gasteiger partial charge in [-0.25, -0.2) is 8.78 Å². The number of halogens is 2. The van der Waals surface area contributed by atoms with Crippen LogP contribution in [0.1, 0.15) is 18.3 Å². The molecule has 0 radical (unpaired) electrons. The number of aryl methyl sites for hydroxylation is 2. The van der Waals surface area contributed by atoms with Gasteiger partial charge >= 0.3 is 0 Å². The van der Waals surface area contributed by atoms with Gasteiger partial charge in [0.15, 0.2) is 0 Å². The average Bonchev–Trinajstić information content (AvgIpc) is 2.70. The molecule has 5 heteroatoms. The standard InChI is InChI=1S/C13H15F2N3/c1-3-9-7-10(18(2)17-9)8-16-13-11(14)5-4-6-12(13)15/h4-7,16H,3,8H2,1-2H3. The highest BCUT2D eigenvalue weighted by atomic mass is 19.1. The lowest BCUT2D eigenvalue weighted by molar-refractivity contribution is 0.587. The van der Waals surface area contributed by atoms with Crippen LogP contribution in [0.4, 0.5) is 14.5 Å². The SMILES string of the molecule is CCc1cc(CNc2c(F)cccc2F)n(C)n1. The van der Waals surface area contributed by atoms with Crippen LogP contribution in [0, 0.1) is 11.6 Å². The first-order valence-corrected chi connectivity index (χ1v) is 5.81. The van der Waals surface area contributed by atoms with Gasteiger partial charge in [-0.2, -0.15) is 5.10 Å². The van der Waals surface area contributed by atoms with Crippen LogP contribution in [0.25, 0.3) is 0 Å². The van der Waals surface area contributed by atoms with Crippen molar-refractivity contribution in [2.24, 2.45) is 7.05 Å². The fourth-order valence-electron chi connectivity index (χ4n) is 1.76. The summed E-state index contributed by atoms with van der Waals surface area (Å²) < 4.78 is 28.5. The Bertz CT molecular complexity index is 529. The molecule has 96 valence electrons. The van der Waals surface area contributed by atoms with Gasteiger partial charge in [0.2, 0.25) is 0 Å². The van der Waals surface area contributed by atoms with E-state index in [4.69, 9.17) is 0 Å². The molecule has 2 aromatic rings. The number of hydrogen-bond donors (Lipinski definition) is 1. The Kier molecular flexibility index (Phi) is 3.60. The summed E-state index contributed by atoms with van der Waals surface area (Å²) in [6, 6.07) is 5.72. The van der Waals surface area contributed by atoms with Crippen molar-refractivity contribution < 1.29 is 8.78 Å². The van der Waals surface area contributed by atoms with E-state index in [2.05, 4.69) is 10.4 Å². The summed E-state index contributed by atoms with van der Waals surface area (Å²) in [5, 5.41) is 7.04. The molecule has 1 aromatic carbocycles. The molecule has 0 fully saturated rings. The van der Waals surface area contributed by atoms with Gasteiger partial charge in [0, 0.05) is 7.05 Å². The van der Waals surface area contributed by atoms with Crippen LogP contribution in [-0.2, 0) is 20.0 Å². The molecule has 0 amide bonds. The van der Waals surface area contributed by atoms with Crippen LogP contribution in [0.5, 0.6) is 0 Å². The third-order valence-corrected chi connectivity index (χ3v) is 2.80. The average molecular weight is 251 g/mol. The van der Waals surface area contributed by atoms with Gasteiger partial charge in [0.05, 0.1) is 17.9 Å². The van der Waals surface area contributed by atoms with E-state index in [-0.39, 0.29) is 5.69 Å². The second-order valence-corrected chi connectivity index (χ2v) is 4.05. The molecular weight excluding hydrogens is 236 g/mol. The Balaban J connectivity index is 2.14. The molecule has 18 heavy (non-hydrogen) atoms. The maximum Gasteiger partial charge on any atom is 0.149 e. The first-order valence-electron chi connectivity index (χ1n) is 5.81. The minimum atomic E-state index is -0.590. The van der Waals surface area contributed by atoms with Gasteiger partial charge in [-0.05, 0) is 24.6 Å². The number of nitrogens with one attached hydrogen (secondary N) is 1. The maximum absolute atomic E-state index is 13.4. The monoisotopic (exact) mass is 251 g/mol. The molecule has 0 aliphatic heterocycles. The van der Waals surface area contributed by atoms with Crippen LogP contribution in [-0.4, -0.2) is 9.78 Å². The van der Waals surface area contributed by atoms with Gasteiger partial charge in [-0.1, -0.05) is 13.0 Å². The minimum Gasteiger partial charge on any atom is -0.375 e. The number of benzene rings is 1. The molecule has 0 spiro atoms. The topological polar surface area (TPSA) is 29.9 Å². The van der Waals surface area contributed by atoms with Gasteiger partial charge in [0.1, 0.15) is 17.3 Å². The van der Waals surface area contributed by atoms with Crippen molar-refractivity contribution in [3.8, 4) is 0 Å². The fourth-order valence-corrected chi connectivity index (χ4v) is 1.76. The van der Waals surface area contributed by atoms with E-state index < -0.39 is 11.6 Å². The van der Waals surface area contributed by atoms with Crippen molar-refractivity contribution in [1.82, 2.24) is 9.78 Å². The smallest absolute Gasteiger partial charge is 0.149 e. The van der Waals surface area contributed by atoms with Crippen LogP contribution in [0.3, 0.4) is 0 Å². The first-order chi connectivity index (χ1) is 8.61. The first kappa shape index (κ1) is 12.5. The molecule has 0 bridgehead atoms. The lowest BCUT2D eigenvalue weighted by Crippen LogP contribution is -2.07. The Morgan fingerprint density at radius 1 is 1.28 bits per heavy atom. The molecule has 1 aromatic heterocycles. The summed E-state index contributed by atoms with van der Waals surface area (Å²) in [4.78, 5) is 0. The van der Waals surface area contributed by atoms with Crippen LogP contribution >= 0.6 is 0 Å². The van der Waals surface area contributed by atoms with Crippen molar-refractivity contribution in [1.29, 1.82) is 0 Å².